The van der Waals surface area contributed by atoms with Gasteiger partial charge in [-0.15, -0.1) is 0 Å². The van der Waals surface area contributed by atoms with Crippen LogP contribution in [0.4, 0.5) is 5.69 Å². The molecule has 0 atom stereocenters. The molecule has 2 N–H and O–H groups in total. The third-order valence-corrected chi connectivity index (χ3v) is 4.35. The minimum Gasteiger partial charge on any atom is -0.484 e. The van der Waals surface area contributed by atoms with Crippen molar-refractivity contribution < 1.29 is 9.53 Å². The molecule has 0 spiro atoms. The molecule has 4 nitrogen and oxygen atoms in total. The normalized spacial score (nSPS) is 13.5. The summed E-state index contributed by atoms with van der Waals surface area (Å²) in [7, 11) is 0. The average molecular weight is 338 g/mol. The van der Waals surface area contributed by atoms with Crippen LogP contribution >= 0.6 is 0 Å². The second-order valence-electron chi connectivity index (χ2n) is 6.74. The van der Waals surface area contributed by atoms with Crippen LogP contribution in [0.3, 0.4) is 0 Å². The summed E-state index contributed by atoms with van der Waals surface area (Å²) in [5.74, 6) is 1.48. The van der Waals surface area contributed by atoms with Gasteiger partial charge in [0.1, 0.15) is 5.75 Å². The van der Waals surface area contributed by atoms with Crippen LogP contribution in [0.25, 0.3) is 0 Å². The Bertz CT molecular complexity index is 676. The van der Waals surface area contributed by atoms with E-state index in [0.717, 1.165) is 36.7 Å². The average Bonchev–Trinajstić information content (AvgIpc) is 3.44. The highest BCUT2D eigenvalue weighted by atomic mass is 16.5. The van der Waals surface area contributed by atoms with E-state index in [2.05, 4.69) is 22.8 Å². The molecule has 0 aromatic heterocycles. The van der Waals surface area contributed by atoms with Gasteiger partial charge in [-0.3, -0.25) is 4.79 Å². The largest absolute Gasteiger partial charge is 0.484 e. The monoisotopic (exact) mass is 338 g/mol. The summed E-state index contributed by atoms with van der Waals surface area (Å²) < 4.78 is 5.56. The van der Waals surface area contributed by atoms with Crippen LogP contribution < -0.4 is 15.4 Å². The summed E-state index contributed by atoms with van der Waals surface area (Å²) in [6, 6.07) is 15.7. The van der Waals surface area contributed by atoms with Gasteiger partial charge in [0.2, 0.25) is 0 Å². The molecule has 1 saturated carbocycles. The third-order valence-electron chi connectivity index (χ3n) is 4.35. The van der Waals surface area contributed by atoms with Gasteiger partial charge in [-0.05, 0) is 75.0 Å². The Kier molecular flexibility index (Phi) is 6.07. The van der Waals surface area contributed by atoms with E-state index in [-0.39, 0.29) is 12.5 Å². The summed E-state index contributed by atoms with van der Waals surface area (Å²) in [5, 5.41) is 6.32. The van der Waals surface area contributed by atoms with Gasteiger partial charge in [0.05, 0.1) is 0 Å². The smallest absolute Gasteiger partial charge is 0.262 e. The number of benzene rings is 2. The molecule has 2 aromatic rings. The molecule has 1 amide bonds. The second-order valence-corrected chi connectivity index (χ2v) is 6.74. The van der Waals surface area contributed by atoms with Gasteiger partial charge in [-0.2, -0.15) is 0 Å². The molecular formula is C21H26N2O2. The Labute approximate surface area is 149 Å². The van der Waals surface area contributed by atoms with Gasteiger partial charge < -0.3 is 15.4 Å². The molecule has 1 aliphatic carbocycles. The van der Waals surface area contributed by atoms with Crippen LogP contribution in [0.15, 0.2) is 48.5 Å². The highest BCUT2D eigenvalue weighted by Gasteiger charge is 2.19. The van der Waals surface area contributed by atoms with Gasteiger partial charge in [-0.25, -0.2) is 0 Å². The molecule has 1 aliphatic rings. The molecule has 3 rings (SSSR count). The zero-order chi connectivity index (χ0) is 17.5. The summed E-state index contributed by atoms with van der Waals surface area (Å²) >= 11 is 0. The van der Waals surface area contributed by atoms with E-state index < -0.39 is 0 Å². The predicted molar refractivity (Wildman–Crippen MR) is 101 cm³/mol. The van der Waals surface area contributed by atoms with Crippen LogP contribution in [0.2, 0.25) is 0 Å². The number of ether oxygens (including phenoxy) is 1. The molecule has 0 saturated heterocycles. The van der Waals surface area contributed by atoms with Gasteiger partial charge in [-0.1, -0.05) is 29.8 Å². The molecule has 0 bridgehead atoms. The first-order valence-corrected chi connectivity index (χ1v) is 8.98. The molecule has 0 unspecified atom stereocenters. The Morgan fingerprint density at radius 3 is 2.48 bits per heavy atom. The molecule has 0 aliphatic heterocycles. The maximum atomic E-state index is 11.9. The fourth-order valence-corrected chi connectivity index (χ4v) is 2.60. The number of hydrogen-bond acceptors (Lipinski definition) is 3. The first-order valence-electron chi connectivity index (χ1n) is 8.98. The quantitative estimate of drug-likeness (QED) is 0.688. The van der Waals surface area contributed by atoms with Crippen LogP contribution in [-0.2, 0) is 11.2 Å². The van der Waals surface area contributed by atoms with Gasteiger partial charge in [0, 0.05) is 5.69 Å². The number of carbonyl (C=O) groups excluding carboxylic acids is 1. The van der Waals surface area contributed by atoms with Crippen LogP contribution in [0.1, 0.15) is 24.0 Å². The minimum absolute atomic E-state index is 0.0101. The lowest BCUT2D eigenvalue weighted by Gasteiger charge is -2.09. The van der Waals surface area contributed by atoms with Gasteiger partial charge in [0.25, 0.3) is 5.91 Å². The van der Waals surface area contributed by atoms with Crippen molar-refractivity contribution in [2.75, 3.05) is 25.0 Å². The SMILES string of the molecule is Cc1ccc(NC(=O)COc2ccc(CCNCC3CC3)cc2)cc1. The Balaban J connectivity index is 1.37. The molecule has 0 heterocycles. The number of anilines is 1. The number of amides is 1. The lowest BCUT2D eigenvalue weighted by Crippen LogP contribution is -2.20. The van der Waals surface area contributed by atoms with E-state index in [4.69, 9.17) is 4.74 Å². The van der Waals surface area contributed by atoms with Crippen molar-refractivity contribution >= 4 is 11.6 Å². The standard InChI is InChI=1S/C21H26N2O2/c1-16-2-8-19(9-3-16)23-21(24)15-25-20-10-6-17(7-11-20)12-13-22-14-18-4-5-18/h2-3,6-11,18,22H,4-5,12-15H2,1H3,(H,23,24). The van der Waals surface area contributed by atoms with Crippen molar-refractivity contribution in [3.63, 3.8) is 0 Å². The van der Waals surface area contributed by atoms with Crippen molar-refractivity contribution in [2.24, 2.45) is 5.92 Å². The van der Waals surface area contributed by atoms with E-state index in [9.17, 15) is 4.79 Å². The van der Waals surface area contributed by atoms with E-state index in [0.29, 0.717) is 5.75 Å². The lowest BCUT2D eigenvalue weighted by atomic mass is 10.1. The highest BCUT2D eigenvalue weighted by Crippen LogP contribution is 2.27. The van der Waals surface area contributed by atoms with Crippen LogP contribution in [0, 0.1) is 12.8 Å². The summed E-state index contributed by atoms with van der Waals surface area (Å²) in [5.41, 5.74) is 3.23. The Morgan fingerprint density at radius 2 is 1.80 bits per heavy atom. The van der Waals surface area contributed by atoms with E-state index in [1.807, 2.05) is 43.3 Å². The Hall–Kier alpha value is -2.33. The van der Waals surface area contributed by atoms with Crippen LogP contribution in [-0.4, -0.2) is 25.6 Å². The number of aryl methyl sites for hydroxylation is 1. The van der Waals surface area contributed by atoms with Crippen molar-refractivity contribution in [2.45, 2.75) is 26.2 Å². The first kappa shape index (κ1) is 17.5. The zero-order valence-electron chi connectivity index (χ0n) is 14.8. The molecular weight excluding hydrogens is 312 g/mol. The fourth-order valence-electron chi connectivity index (χ4n) is 2.60. The molecule has 4 heteroatoms. The molecule has 25 heavy (non-hydrogen) atoms. The zero-order valence-corrected chi connectivity index (χ0v) is 14.8. The highest BCUT2D eigenvalue weighted by molar-refractivity contribution is 5.91. The summed E-state index contributed by atoms with van der Waals surface area (Å²) in [4.78, 5) is 11.9. The first-order chi connectivity index (χ1) is 12.2. The lowest BCUT2D eigenvalue weighted by molar-refractivity contribution is -0.118. The predicted octanol–water partition coefficient (Wildman–Crippen LogP) is 3.55. The molecule has 1 fully saturated rings. The van der Waals surface area contributed by atoms with E-state index >= 15 is 0 Å². The van der Waals surface area contributed by atoms with Crippen molar-refractivity contribution in [1.29, 1.82) is 0 Å². The van der Waals surface area contributed by atoms with Crippen molar-refractivity contribution in [3.05, 3.63) is 59.7 Å². The molecule has 0 radical (unpaired) electrons. The molecule has 132 valence electrons. The molecule has 2 aromatic carbocycles. The van der Waals surface area contributed by atoms with E-state index in [1.165, 1.54) is 18.4 Å². The topological polar surface area (TPSA) is 50.4 Å². The maximum Gasteiger partial charge on any atom is 0.262 e. The maximum absolute atomic E-state index is 11.9. The second kappa shape index (κ2) is 8.67. The number of nitrogens with one attached hydrogen (secondary N) is 2. The number of rotatable bonds is 9. The minimum atomic E-state index is -0.155. The number of carbonyl (C=O) groups is 1. The van der Waals surface area contributed by atoms with Gasteiger partial charge in [0.15, 0.2) is 6.61 Å². The van der Waals surface area contributed by atoms with Crippen molar-refractivity contribution in [1.82, 2.24) is 5.32 Å². The van der Waals surface area contributed by atoms with Crippen molar-refractivity contribution in [3.8, 4) is 5.75 Å². The summed E-state index contributed by atoms with van der Waals surface area (Å²) in [6.45, 7) is 4.19. The fraction of sp³-hybridized carbons (Fsp3) is 0.381. The third kappa shape index (κ3) is 6.24. The number of hydrogen-bond donors (Lipinski definition) is 2. The van der Waals surface area contributed by atoms with Gasteiger partial charge >= 0.3 is 0 Å². The van der Waals surface area contributed by atoms with Crippen LogP contribution in [0.5, 0.6) is 5.75 Å². The van der Waals surface area contributed by atoms with E-state index in [1.54, 1.807) is 0 Å². The Morgan fingerprint density at radius 1 is 1.08 bits per heavy atom. The summed E-state index contributed by atoms with van der Waals surface area (Å²) in [6.07, 6.45) is 3.79.